The first kappa shape index (κ1) is 51.1. The van der Waals surface area contributed by atoms with Gasteiger partial charge in [0, 0.05) is 11.4 Å². The van der Waals surface area contributed by atoms with Gasteiger partial charge in [0.15, 0.2) is 6.33 Å². The van der Waals surface area contributed by atoms with E-state index in [1.165, 1.54) is 293 Å². The Labute approximate surface area is 341 Å². The summed E-state index contributed by atoms with van der Waals surface area (Å²) in [4.78, 5) is 9.61. The third-order valence-corrected chi connectivity index (χ3v) is 12.4. The molecule has 0 amide bonds. The summed E-state index contributed by atoms with van der Waals surface area (Å²) >= 11 is 0. The molecule has 0 aliphatic carbocycles. The van der Waals surface area contributed by atoms with Crippen molar-refractivity contribution < 1.29 is 0 Å². The molecule has 0 atom stereocenters. The minimum atomic E-state index is 1.14. The highest BCUT2D eigenvalue weighted by Crippen LogP contribution is 2.22. The molecule has 0 aliphatic heterocycles. The summed E-state index contributed by atoms with van der Waals surface area (Å²) in [5.41, 5.74) is 4.22. The smallest absolute Gasteiger partial charge is 0.198 e. The second-order valence-corrected chi connectivity index (χ2v) is 17.7. The molecule has 0 spiro atoms. The minimum absolute atomic E-state index is 1.14. The number of nitrogens with zero attached hydrogens (tertiary/aromatic N) is 2. The van der Waals surface area contributed by atoms with E-state index in [0.717, 1.165) is 12.8 Å². The fraction of sp³-hybridized carbons (Fsp3) is 0.923. The van der Waals surface area contributed by atoms with Gasteiger partial charge in [-0.2, -0.15) is 0 Å². The van der Waals surface area contributed by atoms with Crippen molar-refractivity contribution in [3.63, 3.8) is 0 Å². The van der Waals surface area contributed by atoms with E-state index < -0.39 is 0 Å². The van der Waals surface area contributed by atoms with Crippen LogP contribution in [0.15, 0.2) is 0 Å². The van der Waals surface area contributed by atoms with Crippen LogP contribution >= 0.6 is 0 Å². The van der Waals surface area contributed by atoms with Crippen LogP contribution < -0.4 is 0 Å². The summed E-state index contributed by atoms with van der Waals surface area (Å²) in [6, 6.07) is 0. The molecular formula is C52H99N2. The summed E-state index contributed by atoms with van der Waals surface area (Å²) in [6.07, 6.45) is 66.2. The fourth-order valence-electron chi connectivity index (χ4n) is 8.62. The molecule has 1 aromatic heterocycles. The van der Waals surface area contributed by atoms with Crippen LogP contribution in [0.5, 0.6) is 0 Å². The molecule has 2 nitrogen and oxygen atoms in total. The summed E-state index contributed by atoms with van der Waals surface area (Å²) < 4.78 is 0. The lowest BCUT2D eigenvalue weighted by Gasteiger charge is -2.13. The zero-order chi connectivity index (χ0) is 38.7. The molecule has 0 saturated carbocycles. The van der Waals surface area contributed by atoms with E-state index in [4.69, 9.17) is 9.97 Å². The average Bonchev–Trinajstić information content (AvgIpc) is 3.18. The fourth-order valence-corrected chi connectivity index (χ4v) is 8.62. The lowest BCUT2D eigenvalue weighted by molar-refractivity contribution is 0.531. The largest absolute Gasteiger partial charge is 0.230 e. The van der Waals surface area contributed by atoms with Crippen molar-refractivity contribution in [1.82, 2.24) is 9.97 Å². The van der Waals surface area contributed by atoms with Gasteiger partial charge in [0.1, 0.15) is 0 Å². The summed E-state index contributed by atoms with van der Waals surface area (Å²) in [6.45, 7) is 6.94. The summed E-state index contributed by atoms with van der Waals surface area (Å²) in [7, 11) is 0. The summed E-state index contributed by atoms with van der Waals surface area (Å²) in [5, 5.41) is 0. The van der Waals surface area contributed by atoms with E-state index in [1.54, 1.807) is 0 Å². The van der Waals surface area contributed by atoms with E-state index in [2.05, 4.69) is 27.1 Å². The van der Waals surface area contributed by atoms with Crippen LogP contribution in [0.3, 0.4) is 0 Å². The van der Waals surface area contributed by atoms with Crippen LogP contribution in [-0.4, -0.2) is 9.97 Å². The molecule has 54 heavy (non-hydrogen) atoms. The Morgan fingerprint density at radius 2 is 0.426 bits per heavy atom. The van der Waals surface area contributed by atoms with Crippen molar-refractivity contribution in [1.29, 1.82) is 0 Å². The molecule has 0 bridgehead atoms. The monoisotopic (exact) mass is 752 g/mol. The van der Waals surface area contributed by atoms with Gasteiger partial charge in [-0.3, -0.25) is 0 Å². The second-order valence-electron chi connectivity index (χ2n) is 17.7. The Hall–Kier alpha value is -0.920. The lowest BCUT2D eigenvalue weighted by atomic mass is 9.96. The van der Waals surface area contributed by atoms with Crippen LogP contribution in [0, 0.1) is 6.33 Å². The zero-order valence-electron chi connectivity index (χ0n) is 37.7. The van der Waals surface area contributed by atoms with Crippen LogP contribution in [0.25, 0.3) is 0 Å². The maximum Gasteiger partial charge on any atom is 0.198 e. The van der Waals surface area contributed by atoms with Crippen molar-refractivity contribution in [2.75, 3.05) is 0 Å². The number of aromatic nitrogens is 2. The Bertz CT molecular complexity index is 799. The molecule has 2 heteroatoms. The maximum absolute atomic E-state index is 4.80. The normalized spacial score (nSPS) is 11.6. The number of unbranched alkanes of at least 4 members (excludes halogenated alkanes) is 39. The van der Waals surface area contributed by atoms with Gasteiger partial charge in [0.05, 0.1) is 0 Å². The van der Waals surface area contributed by atoms with Gasteiger partial charge in [-0.25, -0.2) is 9.97 Å². The first-order valence-electron chi connectivity index (χ1n) is 25.6. The molecule has 0 aromatic carbocycles. The van der Waals surface area contributed by atoms with Crippen molar-refractivity contribution in [2.45, 2.75) is 310 Å². The maximum atomic E-state index is 4.80. The summed E-state index contributed by atoms with van der Waals surface area (Å²) in [5.74, 6) is 0. The van der Waals surface area contributed by atoms with E-state index in [9.17, 15) is 0 Å². The van der Waals surface area contributed by atoms with Gasteiger partial charge in [0.2, 0.25) is 0 Å². The van der Waals surface area contributed by atoms with E-state index in [-0.39, 0.29) is 0 Å². The van der Waals surface area contributed by atoms with Crippen molar-refractivity contribution in [3.05, 3.63) is 23.3 Å². The van der Waals surface area contributed by atoms with Crippen LogP contribution in [0.1, 0.15) is 307 Å². The number of rotatable bonds is 45. The van der Waals surface area contributed by atoms with Crippen LogP contribution in [0.2, 0.25) is 0 Å². The van der Waals surface area contributed by atoms with E-state index in [0.29, 0.717) is 0 Å². The van der Waals surface area contributed by atoms with Gasteiger partial charge >= 0.3 is 0 Å². The molecule has 0 unspecified atom stereocenters. The SMILES string of the molecule is CCCCCCCCCCCCCCCCc1n[c]nc(CCCCCCCCCCCCCCCC)c1CCCCCCCCCCCCCCCC. The minimum Gasteiger partial charge on any atom is -0.230 e. The van der Waals surface area contributed by atoms with Crippen molar-refractivity contribution in [3.8, 4) is 0 Å². The van der Waals surface area contributed by atoms with Crippen LogP contribution in [-0.2, 0) is 19.3 Å². The topological polar surface area (TPSA) is 25.8 Å². The molecule has 1 aromatic rings. The molecule has 1 rings (SSSR count). The Morgan fingerprint density at radius 3 is 0.648 bits per heavy atom. The van der Waals surface area contributed by atoms with E-state index in [1.807, 2.05) is 0 Å². The molecule has 0 fully saturated rings. The number of aryl methyl sites for hydroxylation is 2. The molecule has 1 heterocycles. The first-order chi connectivity index (χ1) is 26.8. The molecule has 317 valence electrons. The highest BCUT2D eigenvalue weighted by Gasteiger charge is 2.12. The molecule has 0 aliphatic rings. The molecular weight excluding hydrogens is 653 g/mol. The predicted octanol–water partition coefficient (Wildman–Crippen LogP) is 18.3. The van der Waals surface area contributed by atoms with Gasteiger partial charge < -0.3 is 0 Å². The average molecular weight is 752 g/mol. The van der Waals surface area contributed by atoms with Gasteiger partial charge in [0.25, 0.3) is 0 Å². The number of hydrogen-bond donors (Lipinski definition) is 0. The van der Waals surface area contributed by atoms with Crippen LogP contribution in [0.4, 0.5) is 0 Å². The second kappa shape index (κ2) is 43.2. The predicted molar refractivity (Wildman–Crippen MR) is 243 cm³/mol. The molecule has 0 saturated heterocycles. The lowest BCUT2D eigenvalue weighted by Crippen LogP contribution is -2.07. The Balaban J connectivity index is 2.33. The van der Waals surface area contributed by atoms with Gasteiger partial charge in [-0.05, 0) is 44.1 Å². The highest BCUT2D eigenvalue weighted by atomic mass is 14.8. The number of hydrogen-bond acceptors (Lipinski definition) is 2. The van der Waals surface area contributed by atoms with Crippen molar-refractivity contribution in [2.24, 2.45) is 0 Å². The van der Waals surface area contributed by atoms with Gasteiger partial charge in [-0.15, -0.1) is 0 Å². The van der Waals surface area contributed by atoms with E-state index >= 15 is 0 Å². The Kier molecular flexibility index (Phi) is 40.9. The Morgan fingerprint density at radius 1 is 0.241 bits per heavy atom. The van der Waals surface area contributed by atoms with Gasteiger partial charge in [-0.1, -0.05) is 271 Å². The van der Waals surface area contributed by atoms with Crippen molar-refractivity contribution >= 4 is 0 Å². The highest BCUT2D eigenvalue weighted by molar-refractivity contribution is 5.25. The molecule has 1 radical (unpaired) electrons. The molecule has 0 N–H and O–H groups in total. The third-order valence-electron chi connectivity index (χ3n) is 12.4. The first-order valence-corrected chi connectivity index (χ1v) is 25.6. The standard InChI is InChI=1S/C52H99N2/c1-4-7-10-13-16-19-22-25-28-31-34-37-40-43-46-50-51(47-44-41-38-35-32-29-26-23-20-17-14-11-8-5-2)53-49-54-52(50)48-45-42-39-36-33-30-27-24-21-18-15-12-9-6-3/h4-48H2,1-3H3. The third kappa shape index (κ3) is 34.3. The quantitative estimate of drug-likeness (QED) is 0.0620. The zero-order valence-corrected chi connectivity index (χ0v) is 37.7.